The van der Waals surface area contributed by atoms with E-state index in [0.717, 1.165) is 10.1 Å². The summed E-state index contributed by atoms with van der Waals surface area (Å²) in [6, 6.07) is 5.39. The monoisotopic (exact) mass is 291 g/mol. The van der Waals surface area contributed by atoms with E-state index in [0.29, 0.717) is 16.3 Å². The maximum Gasteiger partial charge on any atom is 0.348 e. The van der Waals surface area contributed by atoms with Crippen molar-refractivity contribution in [1.29, 1.82) is 0 Å². The highest BCUT2D eigenvalue weighted by molar-refractivity contribution is 7.20. The van der Waals surface area contributed by atoms with Crippen molar-refractivity contribution in [2.24, 2.45) is 0 Å². The molecule has 0 saturated heterocycles. The Hall–Kier alpha value is -2.08. The molecule has 1 N–H and O–H groups in total. The summed E-state index contributed by atoms with van der Waals surface area (Å²) in [5.41, 5.74) is -0.278. The van der Waals surface area contributed by atoms with Crippen molar-refractivity contribution < 1.29 is 19.1 Å². The molecule has 5 nitrogen and oxygen atoms in total. The topological polar surface area (TPSA) is 64.6 Å². The number of hydrogen-bond donors (Lipinski definition) is 1. The van der Waals surface area contributed by atoms with Crippen LogP contribution >= 0.6 is 11.3 Å². The Morgan fingerprint density at radius 1 is 1.35 bits per heavy atom. The summed E-state index contributed by atoms with van der Waals surface area (Å²) in [6.07, 6.45) is 0. The Balaban J connectivity index is 2.11. The van der Waals surface area contributed by atoms with E-state index >= 15 is 0 Å². The third-order valence-corrected chi connectivity index (χ3v) is 4.24. The van der Waals surface area contributed by atoms with E-state index in [1.54, 1.807) is 26.0 Å². The molecule has 104 valence electrons. The van der Waals surface area contributed by atoms with Gasteiger partial charge >= 0.3 is 5.97 Å². The molecule has 0 unspecified atom stereocenters. The van der Waals surface area contributed by atoms with E-state index in [2.05, 4.69) is 5.32 Å². The fraction of sp³-hybridized carbons (Fsp3) is 0.286. The SMILES string of the molecule is COC(=O)c1cc2cc3c(cc2s1)OC(C)(C)C(=O)N3. The van der Waals surface area contributed by atoms with Crippen LogP contribution in [0.3, 0.4) is 0 Å². The minimum absolute atomic E-state index is 0.187. The van der Waals surface area contributed by atoms with E-state index in [1.165, 1.54) is 18.4 Å². The van der Waals surface area contributed by atoms with Crippen molar-refractivity contribution in [2.75, 3.05) is 12.4 Å². The molecule has 0 fully saturated rings. The number of nitrogens with one attached hydrogen (secondary N) is 1. The van der Waals surface area contributed by atoms with Gasteiger partial charge in [0.1, 0.15) is 10.6 Å². The van der Waals surface area contributed by atoms with Gasteiger partial charge in [0.15, 0.2) is 5.60 Å². The van der Waals surface area contributed by atoms with Crippen molar-refractivity contribution in [3.05, 3.63) is 23.1 Å². The molecule has 1 aromatic heterocycles. The second-order valence-electron chi connectivity index (χ2n) is 5.05. The molecule has 1 aromatic carbocycles. The average molecular weight is 291 g/mol. The van der Waals surface area contributed by atoms with Gasteiger partial charge in [-0.05, 0) is 31.4 Å². The molecule has 0 radical (unpaired) electrons. The van der Waals surface area contributed by atoms with Gasteiger partial charge in [0.05, 0.1) is 12.8 Å². The number of carbonyl (C=O) groups excluding carboxylic acids is 2. The summed E-state index contributed by atoms with van der Waals surface area (Å²) in [5.74, 6) is 0.0580. The Kier molecular flexibility index (Phi) is 2.72. The van der Waals surface area contributed by atoms with Crippen LogP contribution in [0.4, 0.5) is 5.69 Å². The molecule has 1 amide bonds. The fourth-order valence-electron chi connectivity index (χ4n) is 2.05. The second-order valence-corrected chi connectivity index (χ2v) is 6.14. The lowest BCUT2D eigenvalue weighted by Gasteiger charge is -2.31. The van der Waals surface area contributed by atoms with Crippen molar-refractivity contribution in [3.63, 3.8) is 0 Å². The minimum Gasteiger partial charge on any atom is -0.476 e. The molecule has 0 aliphatic carbocycles. The van der Waals surface area contributed by atoms with Crippen LogP contribution in [0.5, 0.6) is 5.75 Å². The molecule has 2 heterocycles. The first kappa shape index (κ1) is 12.9. The van der Waals surface area contributed by atoms with Gasteiger partial charge in [-0.2, -0.15) is 0 Å². The lowest BCUT2D eigenvalue weighted by molar-refractivity contribution is -0.129. The molecule has 0 saturated carbocycles. The molecule has 0 atom stereocenters. The molecule has 2 aromatic rings. The van der Waals surface area contributed by atoms with Crippen LogP contribution in [0.2, 0.25) is 0 Å². The number of anilines is 1. The minimum atomic E-state index is -0.900. The largest absolute Gasteiger partial charge is 0.476 e. The number of thiophene rings is 1. The predicted molar refractivity (Wildman–Crippen MR) is 76.5 cm³/mol. The molecule has 1 aliphatic rings. The van der Waals surface area contributed by atoms with Gasteiger partial charge in [-0.1, -0.05) is 0 Å². The van der Waals surface area contributed by atoms with Crippen molar-refractivity contribution in [1.82, 2.24) is 0 Å². The van der Waals surface area contributed by atoms with E-state index < -0.39 is 5.60 Å². The van der Waals surface area contributed by atoms with E-state index in [9.17, 15) is 9.59 Å². The zero-order valence-electron chi connectivity index (χ0n) is 11.3. The maximum atomic E-state index is 11.9. The van der Waals surface area contributed by atoms with Gasteiger partial charge in [-0.3, -0.25) is 4.79 Å². The van der Waals surface area contributed by atoms with Crippen LogP contribution in [0, 0.1) is 0 Å². The van der Waals surface area contributed by atoms with Crippen LogP contribution < -0.4 is 10.1 Å². The van der Waals surface area contributed by atoms with Crippen LogP contribution in [-0.2, 0) is 9.53 Å². The van der Waals surface area contributed by atoms with Gasteiger partial charge in [0, 0.05) is 10.8 Å². The Bertz CT molecular complexity index is 732. The standard InChI is InChI=1S/C14H13NO4S/c1-14(2)13(17)15-8-4-7-5-11(12(16)18-3)20-10(7)6-9(8)19-14/h4-6H,1-3H3,(H,15,17). The summed E-state index contributed by atoms with van der Waals surface area (Å²) in [4.78, 5) is 23.9. The first-order valence-electron chi connectivity index (χ1n) is 6.07. The fourth-order valence-corrected chi connectivity index (χ4v) is 3.04. The third-order valence-electron chi connectivity index (χ3n) is 3.17. The lowest BCUT2D eigenvalue weighted by atomic mass is 10.1. The van der Waals surface area contributed by atoms with E-state index in [-0.39, 0.29) is 11.9 Å². The third kappa shape index (κ3) is 1.92. The molecular formula is C14H13NO4S. The van der Waals surface area contributed by atoms with Crippen LogP contribution in [0.25, 0.3) is 10.1 Å². The number of hydrogen-bond acceptors (Lipinski definition) is 5. The quantitative estimate of drug-likeness (QED) is 0.821. The van der Waals surface area contributed by atoms with Gasteiger partial charge in [0.2, 0.25) is 0 Å². The second kappa shape index (κ2) is 4.21. The number of esters is 1. The van der Waals surface area contributed by atoms with Gasteiger partial charge < -0.3 is 14.8 Å². The predicted octanol–water partition coefficient (Wildman–Crippen LogP) is 2.80. The summed E-state index contributed by atoms with van der Waals surface area (Å²) in [5, 5.41) is 3.69. The summed E-state index contributed by atoms with van der Waals surface area (Å²) >= 11 is 1.34. The Labute approximate surface area is 119 Å². The molecule has 3 rings (SSSR count). The van der Waals surface area contributed by atoms with Gasteiger partial charge in [0.25, 0.3) is 5.91 Å². The molecule has 0 bridgehead atoms. The number of carbonyl (C=O) groups is 2. The smallest absolute Gasteiger partial charge is 0.348 e. The summed E-state index contributed by atoms with van der Waals surface area (Å²) < 4.78 is 11.3. The normalized spacial score (nSPS) is 16.2. The van der Waals surface area contributed by atoms with Crippen molar-refractivity contribution in [3.8, 4) is 5.75 Å². The van der Waals surface area contributed by atoms with Crippen LogP contribution in [-0.4, -0.2) is 24.6 Å². The summed E-state index contributed by atoms with van der Waals surface area (Å²) in [7, 11) is 1.35. The maximum absolute atomic E-state index is 11.9. The zero-order valence-corrected chi connectivity index (χ0v) is 12.1. The molecule has 1 aliphatic heterocycles. The van der Waals surface area contributed by atoms with Crippen LogP contribution in [0.1, 0.15) is 23.5 Å². The highest BCUT2D eigenvalue weighted by Crippen LogP contribution is 2.39. The van der Waals surface area contributed by atoms with E-state index in [4.69, 9.17) is 9.47 Å². The number of rotatable bonds is 1. The van der Waals surface area contributed by atoms with Gasteiger partial charge in [-0.25, -0.2) is 4.79 Å². The molecular weight excluding hydrogens is 278 g/mol. The Morgan fingerprint density at radius 3 is 2.80 bits per heavy atom. The number of fused-ring (bicyclic) bond motifs is 2. The average Bonchev–Trinajstić information content (AvgIpc) is 2.79. The lowest BCUT2D eigenvalue weighted by Crippen LogP contribution is -2.45. The molecule has 6 heteroatoms. The van der Waals surface area contributed by atoms with Crippen molar-refractivity contribution in [2.45, 2.75) is 19.4 Å². The Morgan fingerprint density at radius 2 is 2.10 bits per heavy atom. The number of methoxy groups -OCH3 is 1. The molecule has 0 spiro atoms. The highest BCUT2D eigenvalue weighted by atomic mass is 32.1. The number of amides is 1. The first-order valence-corrected chi connectivity index (χ1v) is 6.89. The van der Waals surface area contributed by atoms with E-state index in [1.807, 2.05) is 6.07 Å². The first-order chi connectivity index (χ1) is 9.40. The van der Waals surface area contributed by atoms with Crippen molar-refractivity contribution >= 4 is 39.0 Å². The number of benzene rings is 1. The van der Waals surface area contributed by atoms with Crippen LogP contribution in [0.15, 0.2) is 18.2 Å². The number of ether oxygens (including phenoxy) is 2. The highest BCUT2D eigenvalue weighted by Gasteiger charge is 2.35. The van der Waals surface area contributed by atoms with Gasteiger partial charge in [-0.15, -0.1) is 11.3 Å². The summed E-state index contributed by atoms with van der Waals surface area (Å²) in [6.45, 7) is 3.42. The zero-order chi connectivity index (χ0) is 14.5. The molecule has 20 heavy (non-hydrogen) atoms.